The van der Waals surface area contributed by atoms with Crippen molar-refractivity contribution in [3.8, 4) is 11.8 Å². The van der Waals surface area contributed by atoms with Gasteiger partial charge in [0.05, 0.1) is 17.9 Å². The number of carbonyl (C=O) groups excluding carboxylic acids is 2. The fourth-order valence-electron chi connectivity index (χ4n) is 3.15. The van der Waals surface area contributed by atoms with Crippen LogP contribution in [0.5, 0.6) is 5.75 Å². The fourth-order valence-corrected chi connectivity index (χ4v) is 3.32. The maximum Gasteiger partial charge on any atom is 0.324 e. The normalized spacial score (nSPS) is 13.8. The average molecular weight is 457 g/mol. The summed E-state index contributed by atoms with van der Waals surface area (Å²) >= 11 is 6.07. The zero-order valence-corrected chi connectivity index (χ0v) is 18.6. The predicted octanol–water partition coefficient (Wildman–Crippen LogP) is 3.18. The molecule has 1 aromatic heterocycles. The van der Waals surface area contributed by atoms with Crippen molar-refractivity contribution in [3.05, 3.63) is 47.1 Å². The molecule has 2 N–H and O–H groups in total. The van der Waals surface area contributed by atoms with Gasteiger partial charge in [0.2, 0.25) is 5.91 Å². The molecule has 0 spiro atoms. The third kappa shape index (κ3) is 6.83. The minimum Gasteiger partial charge on any atom is -0.491 e. The van der Waals surface area contributed by atoms with Crippen molar-refractivity contribution in [2.24, 2.45) is 0 Å². The highest BCUT2D eigenvalue weighted by Crippen LogP contribution is 2.28. The zero-order chi connectivity index (χ0) is 22.9. The fraction of sp³-hybridized carbons (Fsp3) is 0.364. The van der Waals surface area contributed by atoms with E-state index in [9.17, 15) is 9.59 Å². The quantitative estimate of drug-likeness (QED) is 0.619. The first-order chi connectivity index (χ1) is 15.4. The third-order valence-corrected chi connectivity index (χ3v) is 5.21. The van der Waals surface area contributed by atoms with Gasteiger partial charge in [0.25, 0.3) is 0 Å². The number of likely N-dealkylation sites (N-methyl/N-ethyl adjacent to an activating group) is 1. The number of carbonyl (C=O) groups is 2. The number of rotatable bonds is 7. The van der Waals surface area contributed by atoms with E-state index < -0.39 is 6.03 Å². The van der Waals surface area contributed by atoms with E-state index in [0.29, 0.717) is 47.3 Å². The van der Waals surface area contributed by atoms with Gasteiger partial charge >= 0.3 is 6.03 Å². The number of urea groups is 1. The first-order valence-electron chi connectivity index (χ1n) is 10.3. The highest BCUT2D eigenvalue weighted by atomic mass is 35.5. The summed E-state index contributed by atoms with van der Waals surface area (Å²) in [6.45, 7) is 3.62. The van der Waals surface area contributed by atoms with E-state index in [1.807, 2.05) is 11.0 Å². The number of nitriles is 1. The van der Waals surface area contributed by atoms with Crippen LogP contribution in [0.4, 0.5) is 16.3 Å². The number of anilines is 2. The van der Waals surface area contributed by atoms with Crippen molar-refractivity contribution in [1.82, 2.24) is 14.8 Å². The van der Waals surface area contributed by atoms with E-state index in [-0.39, 0.29) is 5.91 Å². The van der Waals surface area contributed by atoms with E-state index in [2.05, 4.69) is 27.6 Å². The molecule has 1 aliphatic heterocycles. The molecule has 0 bridgehead atoms. The van der Waals surface area contributed by atoms with Gasteiger partial charge in [-0.15, -0.1) is 0 Å². The summed E-state index contributed by atoms with van der Waals surface area (Å²) < 4.78 is 5.80. The van der Waals surface area contributed by atoms with Crippen LogP contribution in [0.1, 0.15) is 18.4 Å². The van der Waals surface area contributed by atoms with Crippen LogP contribution in [-0.4, -0.2) is 66.6 Å². The van der Waals surface area contributed by atoms with Crippen molar-refractivity contribution in [1.29, 1.82) is 5.26 Å². The number of pyridine rings is 1. The van der Waals surface area contributed by atoms with Crippen LogP contribution in [-0.2, 0) is 4.79 Å². The van der Waals surface area contributed by atoms with E-state index >= 15 is 0 Å². The molecule has 0 unspecified atom stereocenters. The van der Waals surface area contributed by atoms with Crippen molar-refractivity contribution >= 4 is 35.0 Å². The molecule has 1 aromatic carbocycles. The number of aromatic nitrogens is 1. The summed E-state index contributed by atoms with van der Waals surface area (Å²) in [4.78, 5) is 32.8. The van der Waals surface area contributed by atoms with Crippen molar-refractivity contribution in [3.63, 3.8) is 0 Å². The Kier molecular flexibility index (Phi) is 8.25. The van der Waals surface area contributed by atoms with Crippen molar-refractivity contribution < 1.29 is 14.3 Å². The molecule has 0 aliphatic carbocycles. The second kappa shape index (κ2) is 11.3. The number of halogens is 1. The van der Waals surface area contributed by atoms with E-state index in [1.165, 1.54) is 12.3 Å². The molecule has 168 valence electrons. The highest BCUT2D eigenvalue weighted by molar-refractivity contribution is 6.31. The Balaban J connectivity index is 1.50. The van der Waals surface area contributed by atoms with Crippen LogP contribution in [0.25, 0.3) is 0 Å². The maximum absolute atomic E-state index is 12.3. The lowest BCUT2D eigenvalue weighted by atomic mass is 10.2. The molecule has 2 aromatic rings. The van der Waals surface area contributed by atoms with Gasteiger partial charge < -0.3 is 19.9 Å². The first kappa shape index (κ1) is 23.3. The molecule has 0 radical (unpaired) electrons. The van der Waals surface area contributed by atoms with Crippen LogP contribution in [0.15, 0.2) is 36.5 Å². The Morgan fingerprint density at radius 3 is 2.66 bits per heavy atom. The minimum atomic E-state index is -0.528. The lowest BCUT2D eigenvalue weighted by molar-refractivity contribution is -0.133. The largest absolute Gasteiger partial charge is 0.491 e. The van der Waals surface area contributed by atoms with Gasteiger partial charge in [-0.3, -0.25) is 10.1 Å². The molecule has 0 atom stereocenters. The summed E-state index contributed by atoms with van der Waals surface area (Å²) in [5.74, 6) is 0.878. The van der Waals surface area contributed by atoms with Gasteiger partial charge in [-0.25, -0.2) is 9.78 Å². The number of amides is 3. The van der Waals surface area contributed by atoms with Gasteiger partial charge in [-0.05, 0) is 43.8 Å². The molecule has 10 heteroatoms. The van der Waals surface area contributed by atoms with Gasteiger partial charge in [0, 0.05) is 43.8 Å². The Morgan fingerprint density at radius 2 is 1.97 bits per heavy atom. The van der Waals surface area contributed by atoms with Gasteiger partial charge in [0.15, 0.2) is 0 Å². The summed E-state index contributed by atoms with van der Waals surface area (Å²) in [5.41, 5.74) is 0.793. The number of hydrogen-bond acceptors (Lipinski definition) is 6. The van der Waals surface area contributed by atoms with Crippen LogP contribution in [0.2, 0.25) is 5.02 Å². The standard InChI is InChI=1S/C22H25ClN6O3/c1-28-8-10-29(11-9-28)21(30)3-2-12-32-19-6-5-17(23)13-18(19)26-22(31)27-20-7-4-16(14-24)15-25-20/h4-7,13,15H,2-3,8-12H2,1H3,(H2,25,26,27,31). The van der Waals surface area contributed by atoms with Crippen LogP contribution in [0.3, 0.4) is 0 Å². The van der Waals surface area contributed by atoms with Gasteiger partial charge in [-0.1, -0.05) is 11.6 Å². The molecular weight excluding hydrogens is 432 g/mol. The Bertz CT molecular complexity index is 984. The van der Waals surface area contributed by atoms with Crippen LogP contribution < -0.4 is 15.4 Å². The number of hydrogen-bond donors (Lipinski definition) is 2. The molecule has 9 nitrogen and oxygen atoms in total. The third-order valence-electron chi connectivity index (χ3n) is 4.97. The number of benzene rings is 1. The first-order valence-corrected chi connectivity index (χ1v) is 10.7. The molecule has 3 amide bonds. The van der Waals surface area contributed by atoms with Crippen molar-refractivity contribution in [2.75, 3.05) is 50.5 Å². The maximum atomic E-state index is 12.3. The van der Waals surface area contributed by atoms with Crippen molar-refractivity contribution in [2.45, 2.75) is 12.8 Å². The second-order valence-electron chi connectivity index (χ2n) is 7.40. The lowest BCUT2D eigenvalue weighted by Gasteiger charge is -2.32. The Labute approximate surface area is 191 Å². The number of piperazine rings is 1. The smallest absolute Gasteiger partial charge is 0.324 e. The Morgan fingerprint density at radius 1 is 1.19 bits per heavy atom. The second-order valence-corrected chi connectivity index (χ2v) is 7.84. The average Bonchev–Trinajstić information content (AvgIpc) is 2.78. The summed E-state index contributed by atoms with van der Waals surface area (Å²) in [5, 5.41) is 14.5. The lowest BCUT2D eigenvalue weighted by Crippen LogP contribution is -2.47. The van der Waals surface area contributed by atoms with Crippen LogP contribution >= 0.6 is 11.6 Å². The van der Waals surface area contributed by atoms with Gasteiger partial charge in [-0.2, -0.15) is 5.26 Å². The number of ether oxygens (including phenoxy) is 1. The minimum absolute atomic E-state index is 0.130. The molecule has 2 heterocycles. The Hall–Kier alpha value is -3.35. The van der Waals surface area contributed by atoms with E-state index in [0.717, 1.165) is 26.2 Å². The molecular formula is C22H25ClN6O3. The molecule has 1 aliphatic rings. The molecule has 1 saturated heterocycles. The molecule has 3 rings (SSSR count). The molecule has 0 saturated carbocycles. The topological polar surface area (TPSA) is 111 Å². The summed E-state index contributed by atoms with van der Waals surface area (Å²) in [6.07, 6.45) is 2.34. The number of nitrogens with one attached hydrogen (secondary N) is 2. The number of nitrogens with zero attached hydrogens (tertiary/aromatic N) is 4. The van der Waals surface area contributed by atoms with E-state index in [4.69, 9.17) is 21.6 Å². The summed E-state index contributed by atoms with van der Waals surface area (Å²) in [6, 6.07) is 9.44. The SMILES string of the molecule is CN1CCN(C(=O)CCCOc2ccc(Cl)cc2NC(=O)Nc2ccc(C#N)cn2)CC1. The molecule has 32 heavy (non-hydrogen) atoms. The highest BCUT2D eigenvalue weighted by Gasteiger charge is 2.18. The summed E-state index contributed by atoms with van der Waals surface area (Å²) in [7, 11) is 2.05. The molecule has 1 fully saturated rings. The van der Waals surface area contributed by atoms with E-state index in [1.54, 1.807) is 24.3 Å². The zero-order valence-electron chi connectivity index (χ0n) is 17.8. The van der Waals surface area contributed by atoms with Gasteiger partial charge in [0.1, 0.15) is 17.6 Å². The monoisotopic (exact) mass is 456 g/mol. The predicted molar refractivity (Wildman–Crippen MR) is 122 cm³/mol. The van der Waals surface area contributed by atoms with Crippen LogP contribution in [0, 0.1) is 11.3 Å².